The molecule has 1 heterocycles. The Morgan fingerprint density at radius 3 is 2.57 bits per heavy atom. The number of benzene rings is 3. The third-order valence-electron chi connectivity index (χ3n) is 5.38. The molecule has 0 radical (unpaired) electrons. The zero-order valence-corrected chi connectivity index (χ0v) is 23.2. The Hall–Kier alpha value is -2.68. The van der Waals surface area contributed by atoms with Crippen molar-refractivity contribution in [3.8, 4) is 11.5 Å². The van der Waals surface area contributed by atoms with Crippen LogP contribution < -0.4 is 15.0 Å². The van der Waals surface area contributed by atoms with Gasteiger partial charge in [0.25, 0.3) is 5.56 Å². The predicted octanol–water partition coefficient (Wildman–Crippen LogP) is 6.92. The van der Waals surface area contributed by atoms with Crippen molar-refractivity contribution in [3.05, 3.63) is 95.4 Å². The zero-order valence-electron chi connectivity index (χ0n) is 19.3. The summed E-state index contributed by atoms with van der Waals surface area (Å²) >= 11 is 13.6. The fourth-order valence-electron chi connectivity index (χ4n) is 3.49. The lowest BCUT2D eigenvalue weighted by Crippen LogP contribution is -2.22. The van der Waals surface area contributed by atoms with E-state index >= 15 is 0 Å². The zero-order chi connectivity index (χ0) is 25.1. The van der Waals surface area contributed by atoms with Gasteiger partial charge in [0.05, 0.1) is 24.2 Å². The highest BCUT2D eigenvalue weighted by Gasteiger charge is 2.18. The number of rotatable bonds is 7. The van der Waals surface area contributed by atoms with Crippen molar-refractivity contribution in [3.63, 3.8) is 0 Å². The summed E-state index contributed by atoms with van der Waals surface area (Å²) in [6, 6.07) is 15.2. The Kier molecular flexibility index (Phi) is 7.94. The van der Waals surface area contributed by atoms with Crippen LogP contribution in [0.2, 0.25) is 5.02 Å². The first-order valence-electron chi connectivity index (χ1n) is 10.8. The van der Waals surface area contributed by atoms with Crippen LogP contribution in [0.3, 0.4) is 0 Å². The Labute approximate surface area is 224 Å². The molecule has 0 aliphatic rings. The summed E-state index contributed by atoms with van der Waals surface area (Å²) < 4.78 is 14.2. The van der Waals surface area contributed by atoms with Crippen molar-refractivity contribution in [2.45, 2.75) is 26.9 Å². The minimum absolute atomic E-state index is 0.253. The molecule has 180 valence electrons. The van der Waals surface area contributed by atoms with E-state index in [1.165, 1.54) is 10.2 Å². The Bertz CT molecular complexity index is 1480. The van der Waals surface area contributed by atoms with Gasteiger partial charge in [-0.05, 0) is 52.7 Å². The van der Waals surface area contributed by atoms with Crippen molar-refractivity contribution in [1.29, 1.82) is 0 Å². The second-order valence-corrected chi connectivity index (χ2v) is 9.89. The fourth-order valence-corrected chi connectivity index (χ4v) is 4.50. The number of fused-ring (bicyclic) bond motifs is 1. The molecule has 0 spiro atoms. The molecule has 1 aromatic heterocycles. The fraction of sp³-hybridized carbons (Fsp3) is 0.192. The topological polar surface area (TPSA) is 65.7 Å². The smallest absolute Gasteiger partial charge is 0.282 e. The number of aryl methyl sites for hydroxylation is 2. The summed E-state index contributed by atoms with van der Waals surface area (Å²) in [5, 5.41) is 5.28. The average Bonchev–Trinajstić information content (AvgIpc) is 2.86. The van der Waals surface area contributed by atoms with Gasteiger partial charge in [0, 0.05) is 20.9 Å². The molecule has 35 heavy (non-hydrogen) atoms. The van der Waals surface area contributed by atoms with Crippen LogP contribution in [-0.2, 0) is 13.0 Å². The lowest BCUT2D eigenvalue weighted by Gasteiger charge is -2.15. The lowest BCUT2D eigenvalue weighted by atomic mass is 10.1. The Balaban J connectivity index is 1.70. The van der Waals surface area contributed by atoms with Gasteiger partial charge < -0.3 is 9.47 Å². The van der Waals surface area contributed by atoms with E-state index in [2.05, 4.69) is 41.9 Å². The van der Waals surface area contributed by atoms with E-state index < -0.39 is 0 Å². The molecular formula is C26H22Br2ClN3O3. The first-order chi connectivity index (χ1) is 16.8. The van der Waals surface area contributed by atoms with E-state index in [1.54, 1.807) is 25.5 Å². The quantitative estimate of drug-likeness (QED) is 0.211. The van der Waals surface area contributed by atoms with Crippen molar-refractivity contribution in [2.24, 2.45) is 5.10 Å². The van der Waals surface area contributed by atoms with Crippen LogP contribution in [0.25, 0.3) is 10.9 Å². The van der Waals surface area contributed by atoms with Crippen LogP contribution in [0, 0.1) is 6.92 Å². The molecule has 0 bridgehead atoms. The average molecular weight is 620 g/mol. The van der Waals surface area contributed by atoms with E-state index in [1.807, 2.05) is 50.2 Å². The van der Waals surface area contributed by atoms with E-state index in [9.17, 15) is 4.79 Å². The summed E-state index contributed by atoms with van der Waals surface area (Å²) in [6.45, 7) is 4.30. The Morgan fingerprint density at radius 1 is 1.14 bits per heavy atom. The maximum atomic E-state index is 13.2. The molecule has 6 nitrogen and oxygen atoms in total. The number of hydrogen-bond donors (Lipinski definition) is 0. The van der Waals surface area contributed by atoms with Crippen LogP contribution in [0.4, 0.5) is 0 Å². The minimum Gasteiger partial charge on any atom is -0.493 e. The molecule has 0 aliphatic heterocycles. The molecule has 0 saturated carbocycles. The van der Waals surface area contributed by atoms with Gasteiger partial charge >= 0.3 is 0 Å². The minimum atomic E-state index is -0.253. The molecule has 0 aliphatic carbocycles. The third kappa shape index (κ3) is 5.44. The standard InChI is InChI=1S/C26H22Br2ClN3O3/c1-4-22-31-20-10-9-18(27)12-19(20)26(33)32(22)30-13-17-11-21(34-3)25(24(29)23(17)28)35-14-16-7-5-15(2)6-8-16/h5-13H,4,14H2,1-3H3. The molecule has 4 aromatic rings. The van der Waals surface area contributed by atoms with Crippen molar-refractivity contribution in [2.75, 3.05) is 7.11 Å². The van der Waals surface area contributed by atoms with Gasteiger partial charge in [-0.1, -0.05) is 64.3 Å². The normalized spacial score (nSPS) is 11.4. The van der Waals surface area contributed by atoms with E-state index in [0.717, 1.165) is 10.0 Å². The molecule has 0 fully saturated rings. The van der Waals surface area contributed by atoms with Crippen molar-refractivity contribution >= 4 is 60.6 Å². The molecular weight excluding hydrogens is 598 g/mol. The second kappa shape index (κ2) is 10.9. The maximum absolute atomic E-state index is 13.2. The first-order valence-corrected chi connectivity index (χ1v) is 12.8. The number of halogens is 3. The highest BCUT2D eigenvalue weighted by atomic mass is 79.9. The van der Waals surface area contributed by atoms with Gasteiger partial charge in [0.2, 0.25) is 0 Å². The molecule has 9 heteroatoms. The SMILES string of the molecule is CCc1nc2ccc(Br)cc2c(=O)n1N=Cc1cc(OC)c(OCc2ccc(C)cc2)c(Cl)c1Br. The molecule has 0 amide bonds. The summed E-state index contributed by atoms with van der Waals surface area (Å²) in [6.07, 6.45) is 2.09. The van der Waals surface area contributed by atoms with E-state index in [0.29, 0.717) is 56.3 Å². The van der Waals surface area contributed by atoms with Crippen LogP contribution in [0.1, 0.15) is 29.4 Å². The summed E-state index contributed by atoms with van der Waals surface area (Å²) in [5.41, 5.74) is 3.18. The van der Waals surface area contributed by atoms with Crippen LogP contribution >= 0.6 is 43.5 Å². The van der Waals surface area contributed by atoms with Gasteiger partial charge in [-0.3, -0.25) is 4.79 Å². The number of nitrogens with zero attached hydrogens (tertiary/aromatic N) is 3. The molecule has 0 saturated heterocycles. The van der Waals surface area contributed by atoms with Crippen LogP contribution in [-0.4, -0.2) is 23.0 Å². The van der Waals surface area contributed by atoms with Crippen molar-refractivity contribution < 1.29 is 9.47 Å². The van der Waals surface area contributed by atoms with E-state index in [-0.39, 0.29) is 5.56 Å². The lowest BCUT2D eigenvalue weighted by molar-refractivity contribution is 0.284. The van der Waals surface area contributed by atoms with Crippen LogP contribution in [0.5, 0.6) is 11.5 Å². The molecule has 0 unspecified atom stereocenters. The molecule has 4 rings (SSSR count). The highest BCUT2D eigenvalue weighted by Crippen LogP contribution is 2.42. The number of hydrogen-bond acceptors (Lipinski definition) is 5. The van der Waals surface area contributed by atoms with Gasteiger partial charge in [0.15, 0.2) is 11.5 Å². The van der Waals surface area contributed by atoms with Crippen molar-refractivity contribution in [1.82, 2.24) is 9.66 Å². The highest BCUT2D eigenvalue weighted by molar-refractivity contribution is 9.10. The molecule has 0 N–H and O–H groups in total. The maximum Gasteiger partial charge on any atom is 0.282 e. The number of aromatic nitrogens is 2. The summed E-state index contributed by atoms with van der Waals surface area (Å²) in [4.78, 5) is 17.8. The summed E-state index contributed by atoms with van der Waals surface area (Å²) in [5.74, 6) is 1.42. The van der Waals surface area contributed by atoms with Gasteiger partial charge in [-0.15, -0.1) is 0 Å². The van der Waals surface area contributed by atoms with Gasteiger partial charge in [-0.2, -0.15) is 9.78 Å². The first kappa shape index (κ1) is 25.4. The summed E-state index contributed by atoms with van der Waals surface area (Å²) in [7, 11) is 1.55. The predicted molar refractivity (Wildman–Crippen MR) is 147 cm³/mol. The monoisotopic (exact) mass is 617 g/mol. The van der Waals surface area contributed by atoms with Gasteiger partial charge in [0.1, 0.15) is 17.5 Å². The van der Waals surface area contributed by atoms with E-state index in [4.69, 9.17) is 21.1 Å². The third-order valence-corrected chi connectivity index (χ3v) is 7.32. The second-order valence-electron chi connectivity index (χ2n) is 7.80. The number of methoxy groups -OCH3 is 1. The molecule has 0 atom stereocenters. The number of ether oxygens (including phenoxy) is 2. The van der Waals surface area contributed by atoms with Crippen LogP contribution in [0.15, 0.2) is 67.4 Å². The largest absolute Gasteiger partial charge is 0.493 e. The Morgan fingerprint density at radius 2 is 1.89 bits per heavy atom. The molecule has 3 aromatic carbocycles. The van der Waals surface area contributed by atoms with Gasteiger partial charge in [-0.25, -0.2) is 4.98 Å².